The van der Waals surface area contributed by atoms with Gasteiger partial charge in [0.05, 0.1) is 24.0 Å². The number of aryl methyl sites for hydroxylation is 1. The van der Waals surface area contributed by atoms with E-state index < -0.39 is 23.3 Å². The van der Waals surface area contributed by atoms with Gasteiger partial charge in [-0.1, -0.05) is 24.3 Å². The standard InChI is InChI=1S/C27H30FN5O3/c1-17(29-2)26(35)31-25-27(36)33(23(15-30-25)19-11-13-20(28)14-12-19)16-24(34)32(3)22-10-6-8-18-7-4-5-9-21(18)22/h4-5,7,9,11-15,17,22,29H,6,8,10,16H2,1-3H3,(H,30,31,35)/t17-,22?/m0/s1. The average Bonchev–Trinajstić information content (AvgIpc) is 2.90. The Morgan fingerprint density at radius 1 is 1.19 bits per heavy atom. The van der Waals surface area contributed by atoms with Crippen molar-refractivity contribution in [3.05, 3.63) is 82.0 Å². The Labute approximate surface area is 209 Å². The molecule has 1 aliphatic rings. The van der Waals surface area contributed by atoms with Gasteiger partial charge in [-0.25, -0.2) is 9.37 Å². The number of amides is 2. The molecule has 9 heteroatoms. The zero-order chi connectivity index (χ0) is 25.8. The molecule has 0 spiro atoms. The van der Waals surface area contributed by atoms with Gasteiger partial charge < -0.3 is 15.5 Å². The maximum absolute atomic E-state index is 13.5. The molecule has 2 atom stereocenters. The normalized spacial score (nSPS) is 15.6. The van der Waals surface area contributed by atoms with Crippen LogP contribution in [0, 0.1) is 5.82 Å². The van der Waals surface area contributed by atoms with Gasteiger partial charge in [0.1, 0.15) is 12.4 Å². The van der Waals surface area contributed by atoms with Crippen LogP contribution >= 0.6 is 0 Å². The van der Waals surface area contributed by atoms with Crippen molar-refractivity contribution in [2.45, 2.75) is 44.8 Å². The molecule has 0 radical (unpaired) electrons. The fourth-order valence-corrected chi connectivity index (χ4v) is 4.49. The van der Waals surface area contributed by atoms with Crippen LogP contribution in [0.15, 0.2) is 59.5 Å². The van der Waals surface area contributed by atoms with Gasteiger partial charge in [0.15, 0.2) is 5.82 Å². The lowest BCUT2D eigenvalue weighted by Crippen LogP contribution is -2.40. The number of hydrogen-bond acceptors (Lipinski definition) is 5. The third kappa shape index (κ3) is 5.21. The van der Waals surface area contributed by atoms with E-state index in [0.717, 1.165) is 24.8 Å². The summed E-state index contributed by atoms with van der Waals surface area (Å²) < 4.78 is 14.8. The molecule has 0 saturated heterocycles. The smallest absolute Gasteiger partial charge is 0.294 e. The molecule has 8 nitrogen and oxygen atoms in total. The van der Waals surface area contributed by atoms with E-state index in [1.807, 2.05) is 18.2 Å². The van der Waals surface area contributed by atoms with E-state index in [9.17, 15) is 18.8 Å². The largest absolute Gasteiger partial charge is 0.337 e. The Morgan fingerprint density at radius 3 is 2.64 bits per heavy atom. The van der Waals surface area contributed by atoms with Crippen molar-refractivity contribution in [2.75, 3.05) is 19.4 Å². The molecule has 2 amide bonds. The van der Waals surface area contributed by atoms with Crippen LogP contribution < -0.4 is 16.2 Å². The number of hydrogen-bond donors (Lipinski definition) is 2. The molecule has 0 fully saturated rings. The molecule has 0 aliphatic heterocycles. The fourth-order valence-electron chi connectivity index (χ4n) is 4.49. The fraction of sp³-hybridized carbons (Fsp3) is 0.333. The zero-order valence-corrected chi connectivity index (χ0v) is 20.6. The molecule has 1 unspecified atom stereocenters. The number of anilines is 1. The number of likely N-dealkylation sites (N-methyl/N-ethyl adjacent to an activating group) is 2. The van der Waals surface area contributed by atoms with Gasteiger partial charge in [0.25, 0.3) is 5.56 Å². The molecule has 1 aromatic heterocycles. The summed E-state index contributed by atoms with van der Waals surface area (Å²) in [7, 11) is 3.38. The Morgan fingerprint density at radius 2 is 1.92 bits per heavy atom. The molecule has 3 aromatic rings. The summed E-state index contributed by atoms with van der Waals surface area (Å²) >= 11 is 0. The Kier molecular flexibility index (Phi) is 7.59. The monoisotopic (exact) mass is 491 g/mol. The van der Waals surface area contributed by atoms with E-state index in [1.165, 1.54) is 40.6 Å². The second kappa shape index (κ2) is 10.8. The van der Waals surface area contributed by atoms with Gasteiger partial charge in [-0.05, 0) is 68.6 Å². The van der Waals surface area contributed by atoms with Gasteiger partial charge >= 0.3 is 0 Å². The topological polar surface area (TPSA) is 96.3 Å². The lowest BCUT2D eigenvalue weighted by Gasteiger charge is -2.33. The first kappa shape index (κ1) is 25.2. The van der Waals surface area contributed by atoms with Crippen LogP contribution in [0.25, 0.3) is 11.3 Å². The first-order valence-electron chi connectivity index (χ1n) is 12.0. The van der Waals surface area contributed by atoms with Crippen molar-refractivity contribution in [1.82, 2.24) is 19.8 Å². The quantitative estimate of drug-likeness (QED) is 0.530. The minimum absolute atomic E-state index is 0.0927. The summed E-state index contributed by atoms with van der Waals surface area (Å²) in [6.07, 6.45) is 4.19. The summed E-state index contributed by atoms with van der Waals surface area (Å²) in [6, 6.07) is 13.1. The highest BCUT2D eigenvalue weighted by molar-refractivity contribution is 5.93. The molecular weight excluding hydrogens is 461 g/mol. The molecule has 4 rings (SSSR count). The van der Waals surface area contributed by atoms with Crippen molar-refractivity contribution < 1.29 is 14.0 Å². The maximum atomic E-state index is 13.5. The Bertz CT molecular complexity index is 1320. The Balaban J connectivity index is 1.69. The van der Waals surface area contributed by atoms with E-state index in [4.69, 9.17) is 0 Å². The predicted molar refractivity (Wildman–Crippen MR) is 136 cm³/mol. The lowest BCUT2D eigenvalue weighted by atomic mass is 9.87. The number of carbonyl (C=O) groups excluding carboxylic acids is 2. The molecule has 1 aliphatic carbocycles. The van der Waals surface area contributed by atoms with E-state index in [0.29, 0.717) is 11.3 Å². The predicted octanol–water partition coefficient (Wildman–Crippen LogP) is 3.13. The molecule has 0 saturated carbocycles. The lowest BCUT2D eigenvalue weighted by molar-refractivity contribution is -0.133. The number of nitrogens with zero attached hydrogens (tertiary/aromatic N) is 3. The number of benzene rings is 2. The minimum Gasteiger partial charge on any atom is -0.337 e. The summed E-state index contributed by atoms with van der Waals surface area (Å²) in [5, 5.41) is 5.35. The number of rotatable bonds is 7. The number of nitrogens with one attached hydrogen (secondary N) is 2. The van der Waals surface area contributed by atoms with Crippen LogP contribution in [0.4, 0.5) is 10.2 Å². The molecule has 1 heterocycles. The number of carbonyl (C=O) groups is 2. The van der Waals surface area contributed by atoms with Crippen molar-refractivity contribution in [3.8, 4) is 11.3 Å². The molecule has 0 bridgehead atoms. The van der Waals surface area contributed by atoms with E-state index >= 15 is 0 Å². The first-order valence-corrected chi connectivity index (χ1v) is 12.0. The second-order valence-electron chi connectivity index (χ2n) is 9.00. The summed E-state index contributed by atoms with van der Waals surface area (Å²) in [6.45, 7) is 1.40. The van der Waals surface area contributed by atoms with Gasteiger partial charge in [0.2, 0.25) is 11.8 Å². The summed E-state index contributed by atoms with van der Waals surface area (Å²) in [4.78, 5) is 45.1. The van der Waals surface area contributed by atoms with Crippen LogP contribution in [0.3, 0.4) is 0 Å². The van der Waals surface area contributed by atoms with Crippen molar-refractivity contribution in [3.63, 3.8) is 0 Å². The highest BCUT2D eigenvalue weighted by atomic mass is 19.1. The van der Waals surface area contributed by atoms with Gasteiger partial charge in [-0.3, -0.25) is 19.0 Å². The van der Waals surface area contributed by atoms with Crippen LogP contribution in [-0.2, 0) is 22.6 Å². The molecule has 36 heavy (non-hydrogen) atoms. The van der Waals surface area contributed by atoms with Crippen LogP contribution in [0.1, 0.15) is 36.9 Å². The zero-order valence-electron chi connectivity index (χ0n) is 20.6. The summed E-state index contributed by atoms with van der Waals surface area (Å²) in [5.74, 6) is -1.27. The van der Waals surface area contributed by atoms with Crippen LogP contribution in [0.2, 0.25) is 0 Å². The van der Waals surface area contributed by atoms with E-state index in [-0.39, 0.29) is 24.3 Å². The van der Waals surface area contributed by atoms with Gasteiger partial charge in [0, 0.05) is 12.6 Å². The number of aromatic nitrogens is 2. The average molecular weight is 492 g/mol. The molecule has 188 valence electrons. The highest BCUT2D eigenvalue weighted by Crippen LogP contribution is 2.33. The van der Waals surface area contributed by atoms with Crippen molar-refractivity contribution >= 4 is 17.6 Å². The molecule has 2 aromatic carbocycles. The van der Waals surface area contributed by atoms with E-state index in [2.05, 4.69) is 21.7 Å². The van der Waals surface area contributed by atoms with Crippen molar-refractivity contribution in [1.29, 1.82) is 0 Å². The number of halogens is 1. The van der Waals surface area contributed by atoms with Gasteiger partial charge in [-0.15, -0.1) is 0 Å². The van der Waals surface area contributed by atoms with Crippen molar-refractivity contribution in [2.24, 2.45) is 0 Å². The summed E-state index contributed by atoms with van der Waals surface area (Å²) in [5.41, 5.74) is 2.62. The minimum atomic E-state index is -0.612. The highest BCUT2D eigenvalue weighted by Gasteiger charge is 2.27. The van der Waals surface area contributed by atoms with E-state index in [1.54, 1.807) is 25.9 Å². The number of fused-ring (bicyclic) bond motifs is 1. The van der Waals surface area contributed by atoms with Gasteiger partial charge in [-0.2, -0.15) is 0 Å². The van der Waals surface area contributed by atoms with Crippen LogP contribution in [0.5, 0.6) is 0 Å². The SMILES string of the molecule is CN[C@@H](C)C(=O)Nc1ncc(-c2ccc(F)cc2)n(CC(=O)N(C)C2CCCc3ccccc32)c1=O. The molecule has 2 N–H and O–H groups in total. The maximum Gasteiger partial charge on any atom is 0.294 e. The second-order valence-corrected chi connectivity index (χ2v) is 9.00. The molecular formula is C27H30FN5O3. The third-order valence-electron chi connectivity index (χ3n) is 6.75. The first-order chi connectivity index (χ1) is 17.3. The Hall–Kier alpha value is -3.85. The van der Waals surface area contributed by atoms with Crippen LogP contribution in [-0.4, -0.2) is 46.4 Å². The third-order valence-corrected chi connectivity index (χ3v) is 6.75.